The zero-order chi connectivity index (χ0) is 14.3. The summed E-state index contributed by atoms with van der Waals surface area (Å²) in [5.74, 6) is -0.168. The molecular weight excluding hydrogens is 324 g/mol. The topological polar surface area (TPSA) is 68.5 Å². The van der Waals surface area contributed by atoms with Crippen LogP contribution in [0.4, 0.5) is 0 Å². The fourth-order valence-corrected chi connectivity index (χ4v) is 2.68. The predicted octanol–water partition coefficient (Wildman–Crippen LogP) is 1.79. The van der Waals surface area contributed by atoms with E-state index in [2.05, 4.69) is 31.3 Å². The number of fused-ring (bicyclic) bond motifs is 1. The predicted molar refractivity (Wildman–Crippen MR) is 76.6 cm³/mol. The second kappa shape index (κ2) is 4.82. The van der Waals surface area contributed by atoms with Crippen molar-refractivity contribution in [3.05, 3.63) is 28.6 Å². The molecule has 1 fully saturated rings. The average Bonchev–Trinajstić information content (AvgIpc) is 2.93. The molecule has 20 heavy (non-hydrogen) atoms. The number of nitrogens with one attached hydrogen (secondary N) is 1. The monoisotopic (exact) mass is 338 g/mol. The summed E-state index contributed by atoms with van der Waals surface area (Å²) < 4.78 is 8.01. The number of aromatic nitrogens is 3. The van der Waals surface area contributed by atoms with Crippen molar-refractivity contribution in [2.45, 2.75) is 31.9 Å². The molecular formula is C13H15BrN4O2. The number of rotatable bonds is 2. The highest BCUT2D eigenvalue weighted by molar-refractivity contribution is 9.10. The minimum atomic E-state index is -0.338. The number of nitrogens with zero attached hydrogens (tertiary/aromatic N) is 3. The molecule has 6 nitrogen and oxygen atoms in total. The van der Waals surface area contributed by atoms with Crippen molar-refractivity contribution in [2.24, 2.45) is 0 Å². The molecule has 3 heterocycles. The van der Waals surface area contributed by atoms with E-state index in [-0.39, 0.29) is 17.6 Å². The van der Waals surface area contributed by atoms with Crippen LogP contribution in [0.5, 0.6) is 0 Å². The fourth-order valence-electron chi connectivity index (χ4n) is 2.38. The Morgan fingerprint density at radius 3 is 3.05 bits per heavy atom. The van der Waals surface area contributed by atoms with Gasteiger partial charge >= 0.3 is 0 Å². The summed E-state index contributed by atoms with van der Waals surface area (Å²) in [6.07, 6.45) is 5.77. The molecule has 0 aromatic carbocycles. The number of hydrogen-bond acceptors (Lipinski definition) is 4. The first kappa shape index (κ1) is 13.5. The van der Waals surface area contributed by atoms with Gasteiger partial charge < -0.3 is 10.1 Å². The van der Waals surface area contributed by atoms with Gasteiger partial charge in [-0.1, -0.05) is 0 Å². The van der Waals surface area contributed by atoms with Crippen LogP contribution >= 0.6 is 15.9 Å². The Kier molecular flexibility index (Phi) is 3.25. The van der Waals surface area contributed by atoms with E-state index in [4.69, 9.17) is 4.74 Å². The Bertz CT molecular complexity index is 667. The number of carbonyl (C=O) groups is 1. The maximum atomic E-state index is 12.4. The number of hydrogen-bond donors (Lipinski definition) is 1. The van der Waals surface area contributed by atoms with E-state index in [1.54, 1.807) is 16.9 Å². The molecule has 0 aliphatic carbocycles. The summed E-state index contributed by atoms with van der Waals surface area (Å²) in [6, 6.07) is 0.000369. The van der Waals surface area contributed by atoms with E-state index in [0.717, 1.165) is 10.9 Å². The highest BCUT2D eigenvalue weighted by Gasteiger charge is 2.37. The van der Waals surface area contributed by atoms with Gasteiger partial charge in [0.15, 0.2) is 5.65 Å². The molecule has 7 heteroatoms. The molecule has 1 atom stereocenters. The van der Waals surface area contributed by atoms with Crippen molar-refractivity contribution in [3.8, 4) is 0 Å². The quantitative estimate of drug-likeness (QED) is 0.906. The SMILES string of the molecule is CC1(C)OCCC1NC(=O)c1cnn2cc(Br)cnc12. The molecule has 1 N–H and O–H groups in total. The van der Waals surface area contributed by atoms with Crippen LogP contribution in [0.15, 0.2) is 23.1 Å². The molecule has 0 saturated carbocycles. The minimum Gasteiger partial charge on any atom is -0.373 e. The molecule has 1 amide bonds. The van der Waals surface area contributed by atoms with Gasteiger partial charge in [0.2, 0.25) is 0 Å². The molecule has 1 saturated heterocycles. The van der Waals surface area contributed by atoms with E-state index in [9.17, 15) is 4.79 Å². The van der Waals surface area contributed by atoms with Gasteiger partial charge in [0, 0.05) is 19.0 Å². The van der Waals surface area contributed by atoms with Crippen LogP contribution in [-0.2, 0) is 4.74 Å². The number of carbonyl (C=O) groups excluding carboxylic acids is 1. The van der Waals surface area contributed by atoms with E-state index >= 15 is 0 Å². The Hall–Kier alpha value is -1.47. The highest BCUT2D eigenvalue weighted by atomic mass is 79.9. The molecule has 1 unspecified atom stereocenters. The van der Waals surface area contributed by atoms with Crippen molar-refractivity contribution >= 4 is 27.5 Å². The second-order valence-corrected chi connectivity index (χ2v) is 6.28. The van der Waals surface area contributed by atoms with Gasteiger partial charge in [-0.25, -0.2) is 9.50 Å². The summed E-state index contributed by atoms with van der Waals surface area (Å²) in [5.41, 5.74) is 0.678. The van der Waals surface area contributed by atoms with E-state index < -0.39 is 0 Å². The summed E-state index contributed by atoms with van der Waals surface area (Å²) in [7, 11) is 0. The Morgan fingerprint density at radius 1 is 1.55 bits per heavy atom. The van der Waals surface area contributed by atoms with Gasteiger partial charge in [0.05, 0.1) is 22.3 Å². The first-order valence-corrected chi connectivity index (χ1v) is 7.20. The summed E-state index contributed by atoms with van der Waals surface area (Å²) in [5, 5.41) is 7.15. The lowest BCUT2D eigenvalue weighted by Gasteiger charge is -2.26. The van der Waals surface area contributed by atoms with E-state index in [0.29, 0.717) is 17.8 Å². The fraction of sp³-hybridized carbons (Fsp3) is 0.462. The van der Waals surface area contributed by atoms with Crippen LogP contribution in [0, 0.1) is 0 Å². The van der Waals surface area contributed by atoms with Gasteiger partial charge in [0.1, 0.15) is 5.56 Å². The maximum Gasteiger partial charge on any atom is 0.257 e. The Morgan fingerprint density at radius 2 is 2.35 bits per heavy atom. The maximum absolute atomic E-state index is 12.4. The van der Waals surface area contributed by atoms with Crippen LogP contribution in [0.1, 0.15) is 30.6 Å². The third-order valence-electron chi connectivity index (χ3n) is 3.59. The van der Waals surface area contributed by atoms with Crippen LogP contribution in [0.25, 0.3) is 5.65 Å². The minimum absolute atomic E-state index is 0.000369. The first-order valence-electron chi connectivity index (χ1n) is 6.41. The largest absolute Gasteiger partial charge is 0.373 e. The van der Waals surface area contributed by atoms with Crippen LogP contribution in [0.2, 0.25) is 0 Å². The third-order valence-corrected chi connectivity index (χ3v) is 4.00. The number of amides is 1. The summed E-state index contributed by atoms with van der Waals surface area (Å²) in [4.78, 5) is 16.6. The summed E-state index contributed by atoms with van der Waals surface area (Å²) in [6.45, 7) is 4.63. The Labute approximate surface area is 124 Å². The summed E-state index contributed by atoms with van der Waals surface area (Å²) >= 11 is 3.32. The molecule has 2 aromatic rings. The van der Waals surface area contributed by atoms with Crippen LogP contribution in [-0.4, -0.2) is 38.8 Å². The van der Waals surface area contributed by atoms with E-state index in [1.165, 1.54) is 6.20 Å². The molecule has 1 aliphatic heterocycles. The van der Waals surface area contributed by atoms with Crippen molar-refractivity contribution in [2.75, 3.05) is 6.61 Å². The van der Waals surface area contributed by atoms with Gasteiger partial charge in [-0.05, 0) is 36.2 Å². The molecule has 1 aliphatic rings. The average molecular weight is 339 g/mol. The zero-order valence-electron chi connectivity index (χ0n) is 11.3. The smallest absolute Gasteiger partial charge is 0.257 e. The van der Waals surface area contributed by atoms with Gasteiger partial charge in [0.25, 0.3) is 5.91 Å². The van der Waals surface area contributed by atoms with Crippen molar-refractivity contribution < 1.29 is 9.53 Å². The molecule has 2 aromatic heterocycles. The molecule has 0 bridgehead atoms. The van der Waals surface area contributed by atoms with Crippen molar-refractivity contribution in [3.63, 3.8) is 0 Å². The van der Waals surface area contributed by atoms with Crippen molar-refractivity contribution in [1.82, 2.24) is 19.9 Å². The second-order valence-electron chi connectivity index (χ2n) is 5.37. The first-order chi connectivity index (χ1) is 9.47. The lowest BCUT2D eigenvalue weighted by Crippen LogP contribution is -2.46. The third kappa shape index (κ3) is 2.31. The molecule has 0 radical (unpaired) electrons. The van der Waals surface area contributed by atoms with Crippen molar-refractivity contribution in [1.29, 1.82) is 0 Å². The highest BCUT2D eigenvalue weighted by Crippen LogP contribution is 2.25. The van der Waals surface area contributed by atoms with Gasteiger partial charge in [-0.2, -0.15) is 5.10 Å². The van der Waals surface area contributed by atoms with E-state index in [1.807, 2.05) is 13.8 Å². The number of halogens is 1. The number of ether oxygens (including phenoxy) is 1. The lowest BCUT2D eigenvalue weighted by molar-refractivity contribution is 0.0213. The molecule has 106 valence electrons. The van der Waals surface area contributed by atoms with Gasteiger partial charge in [-0.3, -0.25) is 4.79 Å². The van der Waals surface area contributed by atoms with Crippen LogP contribution < -0.4 is 5.32 Å². The normalized spacial score (nSPS) is 21.2. The zero-order valence-corrected chi connectivity index (χ0v) is 12.8. The standard InChI is InChI=1S/C13H15BrN4O2/c1-13(2)10(3-4-20-13)17-12(19)9-6-16-18-7-8(14)5-15-11(9)18/h5-7,10H,3-4H2,1-2H3,(H,17,19). The Balaban J connectivity index is 1.86. The van der Waals surface area contributed by atoms with Gasteiger partial charge in [-0.15, -0.1) is 0 Å². The molecule has 3 rings (SSSR count). The lowest BCUT2D eigenvalue weighted by atomic mass is 9.99. The molecule has 0 spiro atoms. The van der Waals surface area contributed by atoms with Crippen LogP contribution in [0.3, 0.4) is 0 Å².